The molecule has 92 valence electrons. The average molecular weight is 235 g/mol. The molecule has 1 rings (SSSR count). The summed E-state index contributed by atoms with van der Waals surface area (Å²) < 4.78 is 4.43. The average Bonchev–Trinajstić information content (AvgIpc) is 2.35. The first kappa shape index (κ1) is 13.2. The van der Waals surface area contributed by atoms with E-state index in [-0.39, 0.29) is 12.5 Å². The van der Waals surface area contributed by atoms with Crippen LogP contribution in [0, 0.1) is 0 Å². The zero-order chi connectivity index (χ0) is 12.8. The highest BCUT2D eigenvalue weighted by molar-refractivity contribution is 5.95. The number of hydrogen-bond donors (Lipinski definition) is 1. The predicted molar refractivity (Wildman–Crippen MR) is 64.9 cm³/mol. The van der Waals surface area contributed by atoms with Crippen LogP contribution in [0.1, 0.15) is 35.7 Å². The smallest absolute Gasteiger partial charge is 0.325 e. The van der Waals surface area contributed by atoms with Gasteiger partial charge in [0.2, 0.25) is 0 Å². The van der Waals surface area contributed by atoms with E-state index in [4.69, 9.17) is 0 Å². The molecule has 0 aliphatic carbocycles. The summed E-state index contributed by atoms with van der Waals surface area (Å²) in [5.41, 5.74) is 1.72. The number of carbonyl (C=O) groups excluding carboxylic acids is 2. The van der Waals surface area contributed by atoms with E-state index in [2.05, 4.69) is 23.9 Å². The molecule has 1 aromatic carbocycles. The molecular formula is C13H17NO3. The molecule has 1 amide bonds. The summed E-state index contributed by atoms with van der Waals surface area (Å²) >= 11 is 0. The van der Waals surface area contributed by atoms with Gasteiger partial charge < -0.3 is 10.1 Å². The molecule has 0 atom stereocenters. The van der Waals surface area contributed by atoms with Crippen LogP contribution >= 0.6 is 0 Å². The Bertz CT molecular complexity index is 396. The minimum atomic E-state index is -0.461. The fourth-order valence-corrected chi connectivity index (χ4v) is 1.35. The second-order valence-electron chi connectivity index (χ2n) is 4.04. The molecular weight excluding hydrogens is 218 g/mol. The minimum absolute atomic E-state index is 0.110. The van der Waals surface area contributed by atoms with Crippen LogP contribution in [0.15, 0.2) is 24.3 Å². The molecule has 0 aliphatic heterocycles. The van der Waals surface area contributed by atoms with Crippen LogP contribution in [0.25, 0.3) is 0 Å². The summed E-state index contributed by atoms with van der Waals surface area (Å²) in [6.07, 6.45) is 0. The number of nitrogens with one attached hydrogen (secondary N) is 1. The number of methoxy groups -OCH3 is 1. The highest BCUT2D eigenvalue weighted by Gasteiger charge is 2.08. The van der Waals surface area contributed by atoms with E-state index in [1.807, 2.05) is 12.1 Å². The highest BCUT2D eigenvalue weighted by atomic mass is 16.5. The minimum Gasteiger partial charge on any atom is -0.468 e. The summed E-state index contributed by atoms with van der Waals surface area (Å²) in [6.45, 7) is 4.07. The van der Waals surface area contributed by atoms with Gasteiger partial charge in [0.25, 0.3) is 5.91 Å². The largest absolute Gasteiger partial charge is 0.468 e. The molecule has 0 aliphatic rings. The third-order valence-corrected chi connectivity index (χ3v) is 2.46. The van der Waals surface area contributed by atoms with Crippen molar-refractivity contribution in [1.82, 2.24) is 5.32 Å². The second-order valence-corrected chi connectivity index (χ2v) is 4.04. The predicted octanol–water partition coefficient (Wildman–Crippen LogP) is 1.71. The lowest BCUT2D eigenvalue weighted by atomic mass is 10.0. The Morgan fingerprint density at radius 1 is 1.24 bits per heavy atom. The van der Waals surface area contributed by atoms with Gasteiger partial charge in [0, 0.05) is 5.56 Å². The third kappa shape index (κ3) is 3.90. The quantitative estimate of drug-likeness (QED) is 0.808. The molecule has 17 heavy (non-hydrogen) atoms. The Morgan fingerprint density at radius 3 is 2.29 bits per heavy atom. The Morgan fingerprint density at radius 2 is 1.82 bits per heavy atom. The molecule has 4 heteroatoms. The summed E-state index contributed by atoms with van der Waals surface area (Å²) in [6, 6.07) is 7.33. The standard InChI is InChI=1S/C13H17NO3/c1-9(2)10-4-6-11(7-5-10)13(16)14-8-12(15)17-3/h4-7,9H,8H2,1-3H3,(H,14,16). The zero-order valence-corrected chi connectivity index (χ0v) is 10.3. The van der Waals surface area contributed by atoms with Gasteiger partial charge in [-0.1, -0.05) is 26.0 Å². The molecule has 4 nitrogen and oxygen atoms in total. The molecule has 0 bridgehead atoms. The lowest BCUT2D eigenvalue weighted by Crippen LogP contribution is -2.30. The van der Waals surface area contributed by atoms with Crippen LogP contribution in [0.2, 0.25) is 0 Å². The molecule has 0 aromatic heterocycles. The van der Waals surface area contributed by atoms with Crippen LogP contribution < -0.4 is 5.32 Å². The normalized spacial score (nSPS) is 10.1. The fraction of sp³-hybridized carbons (Fsp3) is 0.385. The van der Waals surface area contributed by atoms with Gasteiger partial charge in [0.05, 0.1) is 7.11 Å². The summed E-state index contributed by atoms with van der Waals surface area (Å²) in [5, 5.41) is 2.48. The van der Waals surface area contributed by atoms with E-state index in [1.54, 1.807) is 12.1 Å². The van der Waals surface area contributed by atoms with E-state index in [0.717, 1.165) is 0 Å². The number of esters is 1. The van der Waals surface area contributed by atoms with Gasteiger partial charge in [-0.3, -0.25) is 9.59 Å². The zero-order valence-electron chi connectivity index (χ0n) is 10.3. The second kappa shape index (κ2) is 6.03. The Kier molecular flexibility index (Phi) is 4.69. The lowest BCUT2D eigenvalue weighted by Gasteiger charge is -2.07. The van der Waals surface area contributed by atoms with Gasteiger partial charge in [0.1, 0.15) is 6.54 Å². The van der Waals surface area contributed by atoms with Crippen LogP contribution in [-0.2, 0) is 9.53 Å². The van der Waals surface area contributed by atoms with E-state index in [1.165, 1.54) is 12.7 Å². The van der Waals surface area contributed by atoms with Crippen molar-refractivity contribution in [2.45, 2.75) is 19.8 Å². The van der Waals surface area contributed by atoms with Crippen molar-refractivity contribution >= 4 is 11.9 Å². The topological polar surface area (TPSA) is 55.4 Å². The first-order chi connectivity index (χ1) is 8.04. The maximum absolute atomic E-state index is 11.6. The molecule has 0 radical (unpaired) electrons. The number of amides is 1. The SMILES string of the molecule is COC(=O)CNC(=O)c1ccc(C(C)C)cc1. The van der Waals surface area contributed by atoms with Gasteiger partial charge in [-0.2, -0.15) is 0 Å². The Hall–Kier alpha value is -1.84. The van der Waals surface area contributed by atoms with Gasteiger partial charge in [-0.15, -0.1) is 0 Å². The Labute approximate surface area is 101 Å². The summed E-state index contributed by atoms with van der Waals surface area (Å²) in [7, 11) is 1.28. The third-order valence-electron chi connectivity index (χ3n) is 2.46. The molecule has 0 spiro atoms. The van der Waals surface area contributed by atoms with Crippen molar-refractivity contribution in [3.63, 3.8) is 0 Å². The van der Waals surface area contributed by atoms with Crippen LogP contribution in [0.3, 0.4) is 0 Å². The summed E-state index contributed by atoms with van der Waals surface area (Å²) in [5.74, 6) is -0.301. The van der Waals surface area contributed by atoms with Crippen LogP contribution in [0.5, 0.6) is 0 Å². The molecule has 0 saturated carbocycles. The van der Waals surface area contributed by atoms with E-state index in [0.29, 0.717) is 11.5 Å². The number of benzene rings is 1. The fourth-order valence-electron chi connectivity index (χ4n) is 1.35. The van der Waals surface area contributed by atoms with Crippen LogP contribution in [0.4, 0.5) is 0 Å². The summed E-state index contributed by atoms with van der Waals surface area (Å²) in [4.78, 5) is 22.5. The number of ether oxygens (including phenoxy) is 1. The first-order valence-electron chi connectivity index (χ1n) is 5.49. The maximum atomic E-state index is 11.6. The number of rotatable bonds is 4. The van der Waals surface area contributed by atoms with Gasteiger partial charge >= 0.3 is 5.97 Å². The number of hydrogen-bond acceptors (Lipinski definition) is 3. The molecule has 0 saturated heterocycles. The van der Waals surface area contributed by atoms with Crippen molar-refractivity contribution in [3.8, 4) is 0 Å². The van der Waals surface area contributed by atoms with Gasteiger partial charge in [0.15, 0.2) is 0 Å². The van der Waals surface area contributed by atoms with Crippen molar-refractivity contribution in [2.24, 2.45) is 0 Å². The Balaban J connectivity index is 2.61. The van der Waals surface area contributed by atoms with Crippen molar-refractivity contribution < 1.29 is 14.3 Å². The van der Waals surface area contributed by atoms with Crippen molar-refractivity contribution in [1.29, 1.82) is 0 Å². The lowest BCUT2D eigenvalue weighted by molar-refractivity contribution is -0.139. The van der Waals surface area contributed by atoms with E-state index in [9.17, 15) is 9.59 Å². The van der Waals surface area contributed by atoms with Crippen molar-refractivity contribution in [3.05, 3.63) is 35.4 Å². The van der Waals surface area contributed by atoms with Gasteiger partial charge in [-0.25, -0.2) is 0 Å². The molecule has 1 aromatic rings. The molecule has 0 unspecified atom stereocenters. The van der Waals surface area contributed by atoms with Crippen LogP contribution in [-0.4, -0.2) is 25.5 Å². The molecule has 1 N–H and O–H groups in total. The van der Waals surface area contributed by atoms with Crippen molar-refractivity contribution in [2.75, 3.05) is 13.7 Å². The maximum Gasteiger partial charge on any atom is 0.325 e. The molecule has 0 heterocycles. The number of carbonyl (C=O) groups is 2. The monoisotopic (exact) mass is 235 g/mol. The van der Waals surface area contributed by atoms with Gasteiger partial charge in [-0.05, 0) is 23.6 Å². The molecule has 0 fully saturated rings. The highest BCUT2D eigenvalue weighted by Crippen LogP contribution is 2.14. The van der Waals surface area contributed by atoms with E-state index < -0.39 is 5.97 Å². The first-order valence-corrected chi connectivity index (χ1v) is 5.49. The van der Waals surface area contributed by atoms with E-state index >= 15 is 0 Å².